The lowest BCUT2D eigenvalue weighted by Crippen LogP contribution is -2.45. The number of nitrogens with zero attached hydrogens (tertiary/aromatic N) is 2. The average molecular weight is 271 g/mol. The molecule has 2 unspecified atom stereocenters. The number of fused-ring (bicyclic) bond motifs is 1. The Morgan fingerprint density at radius 3 is 2.61 bits per heavy atom. The van der Waals surface area contributed by atoms with Crippen LogP contribution in [0.25, 0.3) is 0 Å². The highest BCUT2D eigenvalue weighted by Crippen LogP contribution is 2.33. The van der Waals surface area contributed by atoms with Crippen molar-refractivity contribution in [1.82, 2.24) is 9.80 Å². The number of alkyl halides is 1. The zero-order chi connectivity index (χ0) is 12.5. The highest BCUT2D eigenvalue weighted by Gasteiger charge is 2.39. The van der Waals surface area contributed by atoms with Crippen LogP contribution in [-0.4, -0.2) is 47.0 Å². The van der Waals surface area contributed by atoms with Gasteiger partial charge in [-0.15, -0.1) is 11.6 Å². The number of rotatable bonds is 2. The Hall–Kier alpha value is 0.210. The van der Waals surface area contributed by atoms with Gasteiger partial charge in [-0.25, -0.2) is 0 Å². The van der Waals surface area contributed by atoms with Crippen molar-refractivity contribution in [3.63, 3.8) is 0 Å². The van der Waals surface area contributed by atoms with Crippen LogP contribution in [0.15, 0.2) is 0 Å². The molecule has 2 aliphatic heterocycles. The van der Waals surface area contributed by atoms with Gasteiger partial charge in [-0.05, 0) is 64.3 Å². The quantitative estimate of drug-likeness (QED) is 0.711. The topological polar surface area (TPSA) is 6.48 Å². The highest BCUT2D eigenvalue weighted by molar-refractivity contribution is 6.20. The van der Waals surface area contributed by atoms with Gasteiger partial charge in [0, 0.05) is 24.5 Å². The monoisotopic (exact) mass is 270 g/mol. The molecule has 3 fully saturated rings. The number of hydrogen-bond acceptors (Lipinski definition) is 2. The van der Waals surface area contributed by atoms with Crippen molar-refractivity contribution in [1.29, 1.82) is 0 Å². The standard InChI is InChI=1S/C15H27ClN2/c1-12-10-17-9-3-2-4-15(17)18(12)11-13-5-7-14(16)8-6-13/h12-15H,2-11H2,1H3. The lowest BCUT2D eigenvalue weighted by Gasteiger charge is -2.37. The molecule has 3 aliphatic rings. The lowest BCUT2D eigenvalue weighted by molar-refractivity contribution is 0.0702. The summed E-state index contributed by atoms with van der Waals surface area (Å²) >= 11 is 6.22. The van der Waals surface area contributed by atoms with E-state index in [-0.39, 0.29) is 0 Å². The highest BCUT2D eigenvalue weighted by atomic mass is 35.5. The number of hydrogen-bond donors (Lipinski definition) is 0. The molecule has 2 atom stereocenters. The van der Waals surface area contributed by atoms with Gasteiger partial charge in [0.2, 0.25) is 0 Å². The molecule has 1 saturated carbocycles. The molecule has 3 rings (SSSR count). The van der Waals surface area contributed by atoms with Crippen molar-refractivity contribution < 1.29 is 0 Å². The molecule has 0 N–H and O–H groups in total. The Bertz CT molecular complexity index is 276. The first-order chi connectivity index (χ1) is 8.74. The molecule has 0 amide bonds. The normalized spacial score (nSPS) is 43.0. The molecule has 104 valence electrons. The summed E-state index contributed by atoms with van der Waals surface area (Å²) in [6, 6.07) is 0.766. The van der Waals surface area contributed by atoms with Gasteiger partial charge in [0.15, 0.2) is 0 Å². The van der Waals surface area contributed by atoms with Crippen LogP contribution in [0.5, 0.6) is 0 Å². The second-order valence-corrected chi connectivity index (χ2v) is 7.25. The summed E-state index contributed by atoms with van der Waals surface area (Å²) in [5.74, 6) is 0.907. The third kappa shape index (κ3) is 2.71. The molecule has 18 heavy (non-hydrogen) atoms. The van der Waals surface area contributed by atoms with Crippen molar-refractivity contribution in [2.75, 3.05) is 19.6 Å². The summed E-state index contributed by atoms with van der Waals surface area (Å²) in [6.07, 6.45) is 10.2. The van der Waals surface area contributed by atoms with Crippen LogP contribution in [0.1, 0.15) is 51.9 Å². The number of halogens is 1. The third-order valence-electron chi connectivity index (χ3n) is 5.27. The molecule has 0 bridgehead atoms. The summed E-state index contributed by atoms with van der Waals surface area (Å²) in [5, 5.41) is 0.462. The molecule has 0 aromatic rings. The summed E-state index contributed by atoms with van der Waals surface area (Å²) in [5.41, 5.74) is 0. The van der Waals surface area contributed by atoms with Crippen molar-refractivity contribution in [3.05, 3.63) is 0 Å². The van der Waals surface area contributed by atoms with Crippen LogP contribution in [0.2, 0.25) is 0 Å². The zero-order valence-electron chi connectivity index (χ0n) is 11.7. The van der Waals surface area contributed by atoms with E-state index in [4.69, 9.17) is 11.6 Å². The summed E-state index contributed by atoms with van der Waals surface area (Å²) in [6.45, 7) is 6.38. The molecule has 2 nitrogen and oxygen atoms in total. The summed E-state index contributed by atoms with van der Waals surface area (Å²) in [7, 11) is 0. The van der Waals surface area contributed by atoms with Gasteiger partial charge < -0.3 is 0 Å². The van der Waals surface area contributed by atoms with E-state index in [2.05, 4.69) is 16.7 Å². The molecule has 0 spiro atoms. The van der Waals surface area contributed by atoms with Gasteiger partial charge in [-0.3, -0.25) is 9.80 Å². The Morgan fingerprint density at radius 2 is 1.83 bits per heavy atom. The van der Waals surface area contributed by atoms with Crippen LogP contribution in [0, 0.1) is 5.92 Å². The van der Waals surface area contributed by atoms with E-state index in [1.54, 1.807) is 0 Å². The lowest BCUT2D eigenvalue weighted by atomic mass is 9.88. The van der Waals surface area contributed by atoms with Gasteiger partial charge in [0.25, 0.3) is 0 Å². The van der Waals surface area contributed by atoms with Crippen LogP contribution in [-0.2, 0) is 0 Å². The van der Waals surface area contributed by atoms with Gasteiger partial charge in [-0.1, -0.05) is 0 Å². The minimum atomic E-state index is 0.462. The van der Waals surface area contributed by atoms with Gasteiger partial charge in [-0.2, -0.15) is 0 Å². The smallest absolute Gasteiger partial charge is 0.0625 e. The van der Waals surface area contributed by atoms with Crippen LogP contribution in [0.3, 0.4) is 0 Å². The van der Waals surface area contributed by atoms with E-state index in [1.807, 2.05) is 0 Å². The van der Waals surface area contributed by atoms with Gasteiger partial charge in [0.05, 0.1) is 6.17 Å². The van der Waals surface area contributed by atoms with Crippen molar-refractivity contribution in [2.24, 2.45) is 5.92 Å². The summed E-state index contributed by atoms with van der Waals surface area (Å²) < 4.78 is 0. The average Bonchev–Trinajstić information content (AvgIpc) is 2.69. The summed E-state index contributed by atoms with van der Waals surface area (Å²) in [4.78, 5) is 5.53. The second-order valence-electron chi connectivity index (χ2n) is 6.64. The molecule has 2 saturated heterocycles. The first-order valence-corrected chi connectivity index (χ1v) is 8.31. The van der Waals surface area contributed by atoms with Crippen LogP contribution < -0.4 is 0 Å². The van der Waals surface area contributed by atoms with E-state index in [9.17, 15) is 0 Å². The predicted molar refractivity (Wildman–Crippen MR) is 77.0 cm³/mol. The maximum Gasteiger partial charge on any atom is 0.0625 e. The van der Waals surface area contributed by atoms with E-state index >= 15 is 0 Å². The first kappa shape index (κ1) is 13.2. The fourth-order valence-corrected chi connectivity index (χ4v) is 4.46. The maximum absolute atomic E-state index is 6.22. The van der Waals surface area contributed by atoms with Gasteiger partial charge in [0.1, 0.15) is 0 Å². The van der Waals surface area contributed by atoms with E-state index < -0.39 is 0 Å². The fraction of sp³-hybridized carbons (Fsp3) is 1.00. The minimum Gasteiger partial charge on any atom is -0.286 e. The minimum absolute atomic E-state index is 0.462. The second kappa shape index (κ2) is 5.68. The van der Waals surface area contributed by atoms with E-state index in [1.165, 1.54) is 64.6 Å². The Kier molecular flexibility index (Phi) is 4.17. The largest absolute Gasteiger partial charge is 0.286 e. The molecule has 1 aliphatic carbocycles. The number of piperidine rings is 1. The van der Waals surface area contributed by atoms with Crippen LogP contribution >= 0.6 is 11.6 Å². The van der Waals surface area contributed by atoms with Gasteiger partial charge >= 0.3 is 0 Å². The van der Waals surface area contributed by atoms with Crippen molar-refractivity contribution >= 4 is 11.6 Å². The molecule has 0 radical (unpaired) electrons. The molecular formula is C15H27ClN2. The van der Waals surface area contributed by atoms with Crippen molar-refractivity contribution in [3.8, 4) is 0 Å². The molecule has 3 heteroatoms. The van der Waals surface area contributed by atoms with E-state index in [0.29, 0.717) is 5.38 Å². The Balaban J connectivity index is 1.57. The first-order valence-electron chi connectivity index (χ1n) is 7.88. The Morgan fingerprint density at radius 1 is 1.06 bits per heavy atom. The SMILES string of the molecule is CC1CN2CCCCC2N1CC1CCC(Cl)CC1. The van der Waals surface area contributed by atoms with Crippen LogP contribution in [0.4, 0.5) is 0 Å². The predicted octanol–water partition coefficient (Wildman–Crippen LogP) is 3.30. The molecule has 0 aromatic carbocycles. The molecule has 2 heterocycles. The maximum atomic E-state index is 6.22. The zero-order valence-corrected chi connectivity index (χ0v) is 12.4. The fourth-order valence-electron chi connectivity index (χ4n) is 4.20. The molecular weight excluding hydrogens is 244 g/mol. The third-order valence-corrected chi connectivity index (χ3v) is 5.71. The van der Waals surface area contributed by atoms with Crippen molar-refractivity contribution in [2.45, 2.75) is 69.5 Å². The van der Waals surface area contributed by atoms with E-state index in [0.717, 1.165) is 18.1 Å². The molecule has 0 aromatic heterocycles. The Labute approximate surface area is 117 Å².